The molecule has 4 nitrogen and oxygen atoms in total. The van der Waals surface area contributed by atoms with Crippen molar-refractivity contribution in [1.29, 1.82) is 0 Å². The van der Waals surface area contributed by atoms with Crippen LogP contribution < -0.4 is 0 Å². The van der Waals surface area contributed by atoms with Crippen LogP contribution in [0.5, 0.6) is 0 Å². The molecule has 110 valence electrons. The Kier molecular flexibility index (Phi) is 3.87. The summed E-state index contributed by atoms with van der Waals surface area (Å²) in [6.45, 7) is 0.559. The Hall–Kier alpha value is -1.59. The van der Waals surface area contributed by atoms with Crippen LogP contribution in [0, 0.1) is 0 Å². The maximum Gasteiger partial charge on any atom is 0.328 e. The lowest BCUT2D eigenvalue weighted by molar-refractivity contribution is -0.145. The first-order valence-corrected chi connectivity index (χ1v) is 7.88. The number of hydrogen-bond donors (Lipinski definition) is 0. The predicted octanol–water partition coefficient (Wildman–Crippen LogP) is 3.33. The molecular weight excluding hydrogens is 310 g/mol. The zero-order valence-electron chi connectivity index (χ0n) is 11.5. The van der Waals surface area contributed by atoms with Gasteiger partial charge in [-0.15, -0.1) is 11.3 Å². The summed E-state index contributed by atoms with van der Waals surface area (Å²) in [4.78, 5) is 26.5. The molecule has 2 aromatic rings. The van der Waals surface area contributed by atoms with E-state index in [2.05, 4.69) is 0 Å². The molecule has 1 unspecified atom stereocenters. The molecule has 1 saturated heterocycles. The van der Waals surface area contributed by atoms with Gasteiger partial charge in [-0.2, -0.15) is 0 Å². The standard InChI is InChI=1S/C15H14ClNO3S/c1-20-15(19)10-6-4-8-17(10)14(18)13-12(16)9-5-2-3-7-11(9)21-13/h2-3,5,7,10H,4,6,8H2,1H3. The third-order valence-corrected chi connectivity index (χ3v) is 5.38. The number of fused-ring (bicyclic) bond motifs is 1. The van der Waals surface area contributed by atoms with Gasteiger partial charge in [-0.25, -0.2) is 4.79 Å². The Labute approximate surface area is 131 Å². The lowest BCUT2D eigenvalue weighted by Gasteiger charge is -2.22. The maximum atomic E-state index is 12.7. The number of ether oxygens (including phenoxy) is 1. The summed E-state index contributed by atoms with van der Waals surface area (Å²) in [6.07, 6.45) is 1.44. The number of hydrogen-bond acceptors (Lipinski definition) is 4. The van der Waals surface area contributed by atoms with E-state index in [0.717, 1.165) is 16.5 Å². The fraction of sp³-hybridized carbons (Fsp3) is 0.333. The largest absolute Gasteiger partial charge is 0.467 e. The summed E-state index contributed by atoms with van der Waals surface area (Å²) in [5, 5.41) is 1.34. The van der Waals surface area contributed by atoms with Crippen LogP contribution in [0.15, 0.2) is 24.3 Å². The minimum absolute atomic E-state index is 0.186. The molecule has 1 amide bonds. The molecule has 0 N–H and O–H groups in total. The Balaban J connectivity index is 1.96. The van der Waals surface area contributed by atoms with Crippen LogP contribution in [0.3, 0.4) is 0 Å². The van der Waals surface area contributed by atoms with Crippen molar-refractivity contribution >= 4 is 44.9 Å². The van der Waals surface area contributed by atoms with Crippen LogP contribution in [-0.4, -0.2) is 36.5 Å². The van der Waals surface area contributed by atoms with Crippen molar-refractivity contribution in [2.75, 3.05) is 13.7 Å². The number of methoxy groups -OCH3 is 1. The second kappa shape index (κ2) is 5.66. The lowest BCUT2D eigenvalue weighted by Crippen LogP contribution is -2.40. The minimum atomic E-state index is -0.497. The minimum Gasteiger partial charge on any atom is -0.467 e. The molecule has 1 aromatic carbocycles. The van der Waals surface area contributed by atoms with E-state index in [1.54, 1.807) is 4.90 Å². The summed E-state index contributed by atoms with van der Waals surface area (Å²) < 4.78 is 5.75. The molecule has 1 aliphatic rings. The van der Waals surface area contributed by atoms with E-state index in [1.165, 1.54) is 18.4 Å². The van der Waals surface area contributed by atoms with Crippen molar-refractivity contribution in [3.63, 3.8) is 0 Å². The van der Waals surface area contributed by atoms with Gasteiger partial charge in [0.15, 0.2) is 0 Å². The molecule has 1 aliphatic heterocycles. The highest BCUT2D eigenvalue weighted by molar-refractivity contribution is 7.21. The van der Waals surface area contributed by atoms with Crippen LogP contribution in [0.1, 0.15) is 22.5 Å². The molecule has 1 aromatic heterocycles. The van der Waals surface area contributed by atoms with Crippen LogP contribution in [0.2, 0.25) is 5.02 Å². The second-order valence-corrected chi connectivity index (χ2v) is 6.35. The molecular formula is C15H14ClNO3S. The second-order valence-electron chi connectivity index (χ2n) is 4.92. The van der Waals surface area contributed by atoms with Crippen LogP contribution in [-0.2, 0) is 9.53 Å². The molecule has 1 fully saturated rings. The summed E-state index contributed by atoms with van der Waals surface area (Å²) in [7, 11) is 1.34. The number of carbonyl (C=O) groups excluding carboxylic acids is 2. The molecule has 0 bridgehead atoms. The summed E-state index contributed by atoms with van der Waals surface area (Å²) in [5.41, 5.74) is 0. The van der Waals surface area contributed by atoms with Crippen LogP contribution >= 0.6 is 22.9 Å². The van der Waals surface area contributed by atoms with E-state index in [0.29, 0.717) is 22.9 Å². The lowest BCUT2D eigenvalue weighted by atomic mass is 10.2. The van der Waals surface area contributed by atoms with Crippen molar-refractivity contribution in [3.05, 3.63) is 34.2 Å². The van der Waals surface area contributed by atoms with E-state index in [4.69, 9.17) is 16.3 Å². The van der Waals surface area contributed by atoms with Gasteiger partial charge in [0.1, 0.15) is 10.9 Å². The third-order valence-electron chi connectivity index (χ3n) is 3.72. The molecule has 3 rings (SSSR count). The third kappa shape index (κ3) is 2.40. The topological polar surface area (TPSA) is 46.6 Å². The van der Waals surface area contributed by atoms with Gasteiger partial charge >= 0.3 is 5.97 Å². The quantitative estimate of drug-likeness (QED) is 0.796. The summed E-state index contributed by atoms with van der Waals surface area (Å²) in [5.74, 6) is -0.549. The zero-order valence-corrected chi connectivity index (χ0v) is 13.0. The number of rotatable bonds is 2. The van der Waals surface area contributed by atoms with E-state index in [9.17, 15) is 9.59 Å². The molecule has 0 aliphatic carbocycles. The SMILES string of the molecule is COC(=O)C1CCCN1C(=O)c1sc2ccccc2c1Cl. The predicted molar refractivity (Wildman–Crippen MR) is 82.9 cm³/mol. The smallest absolute Gasteiger partial charge is 0.328 e. The van der Waals surface area contributed by atoms with Gasteiger partial charge in [0.25, 0.3) is 5.91 Å². The highest BCUT2D eigenvalue weighted by Gasteiger charge is 2.36. The van der Waals surface area contributed by atoms with Gasteiger partial charge in [-0.3, -0.25) is 4.79 Å². The Morgan fingerprint density at radius 2 is 2.14 bits per heavy atom. The zero-order chi connectivity index (χ0) is 15.0. The number of halogens is 1. The molecule has 1 atom stereocenters. The summed E-state index contributed by atoms with van der Waals surface area (Å²) in [6, 6.07) is 7.14. The fourth-order valence-corrected chi connectivity index (χ4v) is 4.14. The first kappa shape index (κ1) is 14.4. The van der Waals surface area contributed by atoms with E-state index in [1.807, 2.05) is 24.3 Å². The highest BCUT2D eigenvalue weighted by atomic mass is 35.5. The van der Waals surface area contributed by atoms with Crippen molar-refractivity contribution < 1.29 is 14.3 Å². The maximum absolute atomic E-state index is 12.7. The van der Waals surface area contributed by atoms with Crippen LogP contribution in [0.25, 0.3) is 10.1 Å². The van der Waals surface area contributed by atoms with Gasteiger partial charge in [0, 0.05) is 16.6 Å². The molecule has 6 heteroatoms. The van der Waals surface area contributed by atoms with E-state index >= 15 is 0 Å². The van der Waals surface area contributed by atoms with Crippen molar-refractivity contribution in [2.24, 2.45) is 0 Å². The van der Waals surface area contributed by atoms with Crippen LogP contribution in [0.4, 0.5) is 0 Å². The number of esters is 1. The van der Waals surface area contributed by atoms with Gasteiger partial charge in [-0.1, -0.05) is 29.8 Å². The number of thiophene rings is 1. The average molecular weight is 324 g/mol. The number of carbonyl (C=O) groups is 2. The molecule has 0 spiro atoms. The van der Waals surface area contributed by atoms with Gasteiger partial charge in [0.2, 0.25) is 0 Å². The molecule has 0 saturated carbocycles. The normalized spacial score (nSPS) is 18.2. The van der Waals surface area contributed by atoms with Crippen molar-refractivity contribution in [2.45, 2.75) is 18.9 Å². The first-order valence-electron chi connectivity index (χ1n) is 6.69. The molecule has 2 heterocycles. The van der Waals surface area contributed by atoms with Crippen molar-refractivity contribution in [1.82, 2.24) is 4.90 Å². The Morgan fingerprint density at radius 1 is 1.38 bits per heavy atom. The number of nitrogens with zero attached hydrogens (tertiary/aromatic N) is 1. The van der Waals surface area contributed by atoms with Crippen molar-refractivity contribution in [3.8, 4) is 0 Å². The first-order chi connectivity index (χ1) is 10.1. The highest BCUT2D eigenvalue weighted by Crippen LogP contribution is 2.37. The van der Waals surface area contributed by atoms with Gasteiger partial charge in [-0.05, 0) is 18.9 Å². The Bertz CT molecular complexity index is 712. The molecule has 0 radical (unpaired) electrons. The monoisotopic (exact) mass is 323 g/mol. The van der Waals surface area contributed by atoms with Gasteiger partial charge in [0.05, 0.1) is 12.1 Å². The summed E-state index contributed by atoms with van der Waals surface area (Å²) >= 11 is 7.70. The fourth-order valence-electron chi connectivity index (χ4n) is 2.67. The number of amides is 1. The molecule has 21 heavy (non-hydrogen) atoms. The number of benzene rings is 1. The average Bonchev–Trinajstić information content (AvgIpc) is 3.11. The number of likely N-dealkylation sites (tertiary alicyclic amines) is 1. The van der Waals surface area contributed by atoms with E-state index < -0.39 is 6.04 Å². The Morgan fingerprint density at radius 3 is 2.86 bits per heavy atom. The van der Waals surface area contributed by atoms with Gasteiger partial charge < -0.3 is 9.64 Å². The van der Waals surface area contributed by atoms with E-state index in [-0.39, 0.29) is 11.9 Å².